The number of ether oxygens (including phenoxy) is 2. The van der Waals surface area contributed by atoms with Crippen LogP contribution in [0.3, 0.4) is 0 Å². The number of hydrogen-bond donors (Lipinski definition) is 0. The lowest BCUT2D eigenvalue weighted by atomic mass is 9.99. The van der Waals surface area contributed by atoms with Gasteiger partial charge in [-0.05, 0) is 66.6 Å². The van der Waals surface area contributed by atoms with Crippen molar-refractivity contribution in [2.24, 2.45) is 0 Å². The van der Waals surface area contributed by atoms with Gasteiger partial charge in [0, 0.05) is 0 Å². The summed E-state index contributed by atoms with van der Waals surface area (Å²) in [7, 11) is 7.59. The molecule has 0 aliphatic rings. The molecule has 2 rings (SSSR count). The fraction of sp³-hybridized carbons (Fsp3) is 0.500. The summed E-state index contributed by atoms with van der Waals surface area (Å²) in [4.78, 5) is 0. The molecule has 170 valence electrons. The monoisotopic (exact) mass is 462 g/mol. The molecular weight excluding hydrogens is 424 g/mol. The predicted octanol–water partition coefficient (Wildman–Crippen LogP) is 6.03. The summed E-state index contributed by atoms with van der Waals surface area (Å²) in [5.74, 6) is 1.80. The first kappa shape index (κ1) is 26.5. The number of hydrogen-bond acceptors (Lipinski definition) is 2. The van der Waals surface area contributed by atoms with Gasteiger partial charge in [-0.2, -0.15) is 0 Å². The van der Waals surface area contributed by atoms with E-state index in [-0.39, 0.29) is 12.2 Å². The van der Waals surface area contributed by atoms with Gasteiger partial charge in [0.25, 0.3) is 0 Å². The normalized spacial score (nSPS) is 11.2. The summed E-state index contributed by atoms with van der Waals surface area (Å²) in [6.07, 6.45) is 9.39. The predicted molar refractivity (Wildman–Crippen MR) is 140 cm³/mol. The van der Waals surface area contributed by atoms with Crippen molar-refractivity contribution < 1.29 is 9.47 Å². The SMILES string of the molecule is C=C(c1ccc(OC(CCC)CCC)cc1[Si])c1ccc(OC(CCC)CCC)cc1[Si]. The molecule has 32 heavy (non-hydrogen) atoms. The van der Waals surface area contributed by atoms with E-state index in [1.54, 1.807) is 0 Å². The minimum atomic E-state index is 0.274. The Labute approximate surface area is 202 Å². The fourth-order valence-corrected chi connectivity index (χ4v) is 4.81. The van der Waals surface area contributed by atoms with Gasteiger partial charge in [-0.25, -0.2) is 0 Å². The molecule has 4 heteroatoms. The van der Waals surface area contributed by atoms with E-state index < -0.39 is 0 Å². The van der Waals surface area contributed by atoms with Crippen LogP contribution in [0.5, 0.6) is 11.5 Å². The molecule has 0 bridgehead atoms. The van der Waals surface area contributed by atoms with Crippen LogP contribution in [0, 0.1) is 0 Å². The van der Waals surface area contributed by atoms with Crippen molar-refractivity contribution in [3.05, 3.63) is 54.1 Å². The van der Waals surface area contributed by atoms with Crippen molar-refractivity contribution in [1.29, 1.82) is 0 Å². The van der Waals surface area contributed by atoms with Crippen molar-refractivity contribution in [3.63, 3.8) is 0 Å². The summed E-state index contributed by atoms with van der Waals surface area (Å²) in [5.41, 5.74) is 3.06. The molecule has 0 heterocycles. The minimum absolute atomic E-state index is 0.274. The first-order valence-electron chi connectivity index (χ1n) is 12.2. The van der Waals surface area contributed by atoms with Crippen LogP contribution in [-0.2, 0) is 0 Å². The maximum absolute atomic E-state index is 6.25. The Morgan fingerprint density at radius 3 is 1.31 bits per heavy atom. The van der Waals surface area contributed by atoms with E-state index in [9.17, 15) is 0 Å². The van der Waals surface area contributed by atoms with E-state index in [1.807, 2.05) is 12.1 Å². The third-order valence-corrected chi connectivity index (χ3v) is 6.51. The second kappa shape index (κ2) is 13.7. The van der Waals surface area contributed by atoms with E-state index in [1.165, 1.54) is 0 Å². The van der Waals surface area contributed by atoms with Crippen molar-refractivity contribution in [1.82, 2.24) is 0 Å². The van der Waals surface area contributed by atoms with Crippen molar-refractivity contribution >= 4 is 36.4 Å². The molecule has 0 aromatic heterocycles. The highest BCUT2D eigenvalue weighted by molar-refractivity contribution is 6.37. The highest BCUT2D eigenvalue weighted by atomic mass is 28.1. The lowest BCUT2D eigenvalue weighted by molar-refractivity contribution is 0.178. The largest absolute Gasteiger partial charge is 0.490 e. The topological polar surface area (TPSA) is 18.5 Å². The van der Waals surface area contributed by atoms with Gasteiger partial charge in [0.2, 0.25) is 0 Å². The second-order valence-electron chi connectivity index (χ2n) is 8.53. The van der Waals surface area contributed by atoms with Gasteiger partial charge < -0.3 is 9.47 Å². The molecule has 0 N–H and O–H groups in total. The Morgan fingerprint density at radius 1 is 0.688 bits per heavy atom. The molecule has 0 saturated heterocycles. The summed E-state index contributed by atoms with van der Waals surface area (Å²) in [6.45, 7) is 13.2. The zero-order valence-electron chi connectivity index (χ0n) is 20.3. The molecule has 0 atom stereocenters. The Kier molecular flexibility index (Phi) is 11.3. The smallest absolute Gasteiger partial charge is 0.119 e. The van der Waals surface area contributed by atoms with Crippen LogP contribution < -0.4 is 19.8 Å². The van der Waals surface area contributed by atoms with Gasteiger partial charge in [0.1, 0.15) is 11.5 Å². The average molecular weight is 463 g/mol. The van der Waals surface area contributed by atoms with Crippen LogP contribution in [0.4, 0.5) is 0 Å². The van der Waals surface area contributed by atoms with Gasteiger partial charge >= 0.3 is 0 Å². The molecule has 6 radical (unpaired) electrons. The van der Waals surface area contributed by atoms with Crippen molar-refractivity contribution in [2.45, 2.75) is 91.3 Å². The van der Waals surface area contributed by atoms with Crippen LogP contribution in [0.15, 0.2) is 43.0 Å². The fourth-order valence-electron chi connectivity index (χ4n) is 4.06. The van der Waals surface area contributed by atoms with E-state index in [0.29, 0.717) is 0 Å². The number of rotatable bonds is 14. The van der Waals surface area contributed by atoms with Crippen LogP contribution in [0.1, 0.15) is 90.2 Å². The molecule has 0 aliphatic carbocycles. The van der Waals surface area contributed by atoms with Crippen molar-refractivity contribution in [2.75, 3.05) is 0 Å². The Hall–Kier alpha value is -1.79. The molecule has 0 fully saturated rings. The van der Waals surface area contributed by atoms with Gasteiger partial charge in [-0.15, -0.1) is 0 Å². The molecule has 0 saturated carbocycles. The molecule has 0 aliphatic heterocycles. The third kappa shape index (κ3) is 7.66. The standard InChI is InChI=1S/C28H38O2Si2/c1-6-10-21(11-7-2)29-23-14-16-25(27(31)18-23)20(5)26-17-15-24(19-28(26)32)30-22(12-8-3)13-9-4/h14-19,21-22H,5-13H2,1-4H3. The first-order chi connectivity index (χ1) is 15.4. The van der Waals surface area contributed by atoms with Gasteiger partial charge in [-0.3, -0.25) is 0 Å². The molecule has 0 spiro atoms. The summed E-state index contributed by atoms with van der Waals surface area (Å²) >= 11 is 0. The van der Waals surface area contributed by atoms with Gasteiger partial charge in [0.05, 0.1) is 32.7 Å². The molecule has 0 amide bonds. The first-order valence-corrected chi connectivity index (χ1v) is 13.2. The quantitative estimate of drug-likeness (QED) is 0.319. The van der Waals surface area contributed by atoms with Crippen LogP contribution in [0.25, 0.3) is 5.57 Å². The molecule has 2 nitrogen and oxygen atoms in total. The van der Waals surface area contributed by atoms with E-state index >= 15 is 0 Å². The molecular formula is C28H38O2Si2. The Morgan fingerprint density at radius 2 is 1.03 bits per heavy atom. The average Bonchev–Trinajstić information content (AvgIpc) is 2.74. The summed E-state index contributed by atoms with van der Waals surface area (Å²) in [6, 6.07) is 12.4. The molecule has 0 unspecified atom stereocenters. The second-order valence-corrected chi connectivity index (χ2v) is 9.61. The maximum atomic E-state index is 6.25. The van der Waals surface area contributed by atoms with Gasteiger partial charge in [0.15, 0.2) is 0 Å². The maximum Gasteiger partial charge on any atom is 0.119 e. The van der Waals surface area contributed by atoms with Gasteiger partial charge in [-0.1, -0.05) is 82.5 Å². The Bertz CT molecular complexity index is 781. The van der Waals surface area contributed by atoms with Crippen LogP contribution in [0.2, 0.25) is 0 Å². The third-order valence-electron chi connectivity index (χ3n) is 5.68. The van der Waals surface area contributed by atoms with E-state index in [2.05, 4.69) is 79.0 Å². The molecule has 2 aromatic rings. The van der Waals surface area contributed by atoms with Crippen LogP contribution in [-0.4, -0.2) is 32.7 Å². The highest BCUT2D eigenvalue weighted by Crippen LogP contribution is 2.25. The highest BCUT2D eigenvalue weighted by Gasteiger charge is 2.14. The van der Waals surface area contributed by atoms with E-state index in [0.717, 1.165) is 89.9 Å². The van der Waals surface area contributed by atoms with Crippen LogP contribution >= 0.6 is 0 Å². The Balaban J connectivity index is 2.16. The number of benzene rings is 2. The zero-order chi connectivity index (χ0) is 23.5. The lowest BCUT2D eigenvalue weighted by Gasteiger charge is -2.21. The van der Waals surface area contributed by atoms with Crippen molar-refractivity contribution in [3.8, 4) is 11.5 Å². The summed E-state index contributed by atoms with van der Waals surface area (Å²) < 4.78 is 12.5. The zero-order valence-corrected chi connectivity index (χ0v) is 22.3. The van der Waals surface area contributed by atoms with E-state index in [4.69, 9.17) is 9.47 Å². The summed E-state index contributed by atoms with van der Waals surface area (Å²) in [5, 5.41) is 1.97. The lowest BCUT2D eigenvalue weighted by Crippen LogP contribution is -2.19. The molecule has 2 aromatic carbocycles. The minimum Gasteiger partial charge on any atom is -0.490 e.